The Balaban J connectivity index is 1.43. The number of nitrogens with zero attached hydrogens (tertiary/aromatic N) is 6. The van der Waals surface area contributed by atoms with E-state index in [0.717, 1.165) is 23.1 Å². The third-order valence-corrected chi connectivity index (χ3v) is 5.42. The van der Waals surface area contributed by atoms with Crippen LogP contribution in [0.1, 0.15) is 10.4 Å². The van der Waals surface area contributed by atoms with E-state index in [9.17, 15) is 13.2 Å². The second kappa shape index (κ2) is 7.32. The maximum absolute atomic E-state index is 12.8. The molecule has 1 amide bonds. The van der Waals surface area contributed by atoms with Gasteiger partial charge in [0.1, 0.15) is 12.1 Å². The fourth-order valence-corrected chi connectivity index (χ4v) is 3.96. The fourth-order valence-electron chi connectivity index (χ4n) is 3.40. The van der Waals surface area contributed by atoms with Gasteiger partial charge in [-0.1, -0.05) is 0 Å². The maximum atomic E-state index is 12.8. The summed E-state index contributed by atoms with van der Waals surface area (Å²) in [5, 5.41) is 5.14. The number of hydrogen-bond acceptors (Lipinski definition) is 7. The number of nitrogens with one attached hydrogen (secondary N) is 1. The van der Waals surface area contributed by atoms with E-state index in [4.69, 9.17) is 0 Å². The van der Waals surface area contributed by atoms with Crippen molar-refractivity contribution in [2.45, 2.75) is 0 Å². The fraction of sp³-hybridized carbons (Fsp3) is 0.333. The molecule has 0 spiro atoms. The first-order valence-electron chi connectivity index (χ1n) is 9.06. The number of carbonyl (C=O) groups excluding carboxylic acids is 1. The molecule has 1 aromatic carbocycles. The molecule has 1 N–H and O–H groups in total. The Morgan fingerprint density at radius 2 is 1.76 bits per heavy atom. The van der Waals surface area contributed by atoms with Crippen LogP contribution in [0, 0.1) is 0 Å². The van der Waals surface area contributed by atoms with E-state index < -0.39 is 10.0 Å². The summed E-state index contributed by atoms with van der Waals surface area (Å²) in [7, 11) is -1.50. The Bertz CT molecular complexity index is 1150. The second-order valence-corrected chi connectivity index (χ2v) is 8.68. The molecule has 3 heterocycles. The van der Waals surface area contributed by atoms with E-state index in [1.54, 1.807) is 40.0 Å². The lowest BCUT2D eigenvalue weighted by molar-refractivity contribution is 0.0746. The van der Waals surface area contributed by atoms with Crippen molar-refractivity contribution < 1.29 is 13.2 Å². The molecule has 0 saturated carbocycles. The number of aromatic nitrogens is 4. The molecule has 10 nitrogen and oxygen atoms in total. The van der Waals surface area contributed by atoms with Crippen LogP contribution in [0.3, 0.4) is 0 Å². The molecule has 0 unspecified atom stereocenters. The Hall–Kier alpha value is -3.21. The average molecular weight is 415 g/mol. The van der Waals surface area contributed by atoms with Crippen LogP contribution >= 0.6 is 0 Å². The molecule has 2 aromatic heterocycles. The molecule has 1 aliphatic heterocycles. The van der Waals surface area contributed by atoms with Gasteiger partial charge >= 0.3 is 0 Å². The Morgan fingerprint density at radius 1 is 1.07 bits per heavy atom. The minimum absolute atomic E-state index is 0.0789. The van der Waals surface area contributed by atoms with E-state index >= 15 is 0 Å². The number of anilines is 2. The van der Waals surface area contributed by atoms with Gasteiger partial charge in [-0.05, 0) is 24.3 Å². The van der Waals surface area contributed by atoms with Crippen molar-refractivity contribution in [3.63, 3.8) is 0 Å². The zero-order valence-electron chi connectivity index (χ0n) is 16.1. The topological polar surface area (TPSA) is 113 Å². The van der Waals surface area contributed by atoms with Crippen LogP contribution in [0.4, 0.5) is 11.5 Å². The molecule has 0 atom stereocenters. The van der Waals surface area contributed by atoms with Gasteiger partial charge in [-0.15, -0.1) is 0 Å². The number of rotatable bonds is 4. The molecule has 1 fully saturated rings. The standard InChI is InChI=1S/C18H21N7O3S/c1-23-16-15(11-21-23)17(20-12-19-16)24-7-9-25(10-8-24)18(26)13-3-5-14(6-4-13)22-29(2,27)28/h3-6,11-12,22H,7-10H2,1-2H3. The molecule has 29 heavy (non-hydrogen) atoms. The first kappa shape index (κ1) is 19.1. The number of fused-ring (bicyclic) bond motifs is 1. The van der Waals surface area contributed by atoms with Crippen LogP contribution in [-0.4, -0.2) is 71.4 Å². The highest BCUT2D eigenvalue weighted by Crippen LogP contribution is 2.23. The molecule has 152 valence electrons. The predicted molar refractivity (Wildman–Crippen MR) is 109 cm³/mol. The number of aryl methyl sites for hydroxylation is 1. The summed E-state index contributed by atoms with van der Waals surface area (Å²) in [6, 6.07) is 6.44. The van der Waals surface area contributed by atoms with Gasteiger partial charge in [0, 0.05) is 44.5 Å². The molecule has 0 bridgehead atoms. The molecule has 0 radical (unpaired) electrons. The minimum Gasteiger partial charge on any atom is -0.352 e. The van der Waals surface area contributed by atoms with Crippen LogP contribution in [0.15, 0.2) is 36.8 Å². The van der Waals surface area contributed by atoms with Crippen LogP contribution in [-0.2, 0) is 17.1 Å². The first-order chi connectivity index (χ1) is 13.8. The third kappa shape index (κ3) is 3.99. The van der Waals surface area contributed by atoms with E-state index in [-0.39, 0.29) is 5.91 Å². The van der Waals surface area contributed by atoms with Crippen LogP contribution in [0.25, 0.3) is 11.0 Å². The number of hydrogen-bond donors (Lipinski definition) is 1. The molecule has 3 aromatic rings. The van der Waals surface area contributed by atoms with Crippen molar-refractivity contribution in [2.24, 2.45) is 7.05 Å². The lowest BCUT2D eigenvalue weighted by atomic mass is 10.1. The normalized spacial score (nSPS) is 15.0. The van der Waals surface area contributed by atoms with Crippen molar-refractivity contribution in [1.82, 2.24) is 24.6 Å². The van der Waals surface area contributed by atoms with Crippen molar-refractivity contribution >= 4 is 38.5 Å². The largest absolute Gasteiger partial charge is 0.352 e. The lowest BCUT2D eigenvalue weighted by Gasteiger charge is -2.35. The summed E-state index contributed by atoms with van der Waals surface area (Å²) < 4.78 is 26.7. The first-order valence-corrected chi connectivity index (χ1v) is 11.0. The van der Waals surface area contributed by atoms with Crippen LogP contribution in [0.5, 0.6) is 0 Å². The summed E-state index contributed by atoms with van der Waals surface area (Å²) in [6.45, 7) is 2.43. The minimum atomic E-state index is -3.34. The second-order valence-electron chi connectivity index (χ2n) is 6.93. The molecular weight excluding hydrogens is 394 g/mol. The number of piperazine rings is 1. The van der Waals surface area contributed by atoms with Crippen molar-refractivity contribution in [3.05, 3.63) is 42.4 Å². The summed E-state index contributed by atoms with van der Waals surface area (Å²) in [5.74, 6) is 0.746. The van der Waals surface area contributed by atoms with E-state index in [2.05, 4.69) is 24.7 Å². The van der Waals surface area contributed by atoms with Gasteiger partial charge in [0.05, 0.1) is 17.8 Å². The lowest BCUT2D eigenvalue weighted by Crippen LogP contribution is -2.49. The smallest absolute Gasteiger partial charge is 0.253 e. The zero-order valence-corrected chi connectivity index (χ0v) is 16.9. The molecule has 11 heteroatoms. The number of carbonyl (C=O) groups is 1. The average Bonchev–Trinajstić information content (AvgIpc) is 3.08. The zero-order chi connectivity index (χ0) is 20.6. The van der Waals surface area contributed by atoms with E-state index in [1.807, 2.05) is 7.05 Å². The van der Waals surface area contributed by atoms with Crippen molar-refractivity contribution in [1.29, 1.82) is 0 Å². The monoisotopic (exact) mass is 415 g/mol. The molecular formula is C18H21N7O3S. The maximum Gasteiger partial charge on any atom is 0.253 e. The summed E-state index contributed by atoms with van der Waals surface area (Å²) >= 11 is 0. The summed E-state index contributed by atoms with van der Waals surface area (Å²) in [6.07, 6.45) is 4.37. The van der Waals surface area contributed by atoms with E-state index in [0.29, 0.717) is 37.4 Å². The highest BCUT2D eigenvalue weighted by Gasteiger charge is 2.24. The quantitative estimate of drug-likeness (QED) is 0.667. The van der Waals surface area contributed by atoms with Crippen molar-refractivity contribution in [3.8, 4) is 0 Å². The van der Waals surface area contributed by atoms with Gasteiger partial charge < -0.3 is 9.80 Å². The molecule has 0 aliphatic carbocycles. The van der Waals surface area contributed by atoms with Gasteiger partial charge in [0.15, 0.2) is 5.65 Å². The molecule has 1 saturated heterocycles. The van der Waals surface area contributed by atoms with Crippen LogP contribution in [0.2, 0.25) is 0 Å². The Labute approximate surface area is 168 Å². The third-order valence-electron chi connectivity index (χ3n) is 4.81. The Kier molecular flexibility index (Phi) is 4.82. The van der Waals surface area contributed by atoms with Crippen molar-refractivity contribution in [2.75, 3.05) is 42.1 Å². The van der Waals surface area contributed by atoms with Gasteiger partial charge in [-0.3, -0.25) is 14.2 Å². The number of sulfonamides is 1. The summed E-state index contributed by atoms with van der Waals surface area (Å²) in [5.41, 5.74) is 1.73. The van der Waals surface area contributed by atoms with Gasteiger partial charge in [-0.2, -0.15) is 5.10 Å². The SMILES string of the molecule is Cn1ncc2c(N3CCN(C(=O)c4ccc(NS(C)(=O)=O)cc4)CC3)ncnc21. The number of benzene rings is 1. The highest BCUT2D eigenvalue weighted by molar-refractivity contribution is 7.92. The van der Waals surface area contributed by atoms with Gasteiger partial charge in [0.2, 0.25) is 10.0 Å². The summed E-state index contributed by atoms with van der Waals surface area (Å²) in [4.78, 5) is 25.4. The number of amides is 1. The predicted octanol–water partition coefficient (Wildman–Crippen LogP) is 0.697. The van der Waals surface area contributed by atoms with Gasteiger partial charge in [0.25, 0.3) is 5.91 Å². The molecule has 4 rings (SSSR count). The Morgan fingerprint density at radius 3 is 2.41 bits per heavy atom. The van der Waals surface area contributed by atoms with Gasteiger partial charge in [-0.25, -0.2) is 18.4 Å². The van der Waals surface area contributed by atoms with Crippen LogP contribution < -0.4 is 9.62 Å². The highest BCUT2D eigenvalue weighted by atomic mass is 32.2. The molecule has 1 aliphatic rings. The van der Waals surface area contributed by atoms with E-state index in [1.165, 1.54) is 6.33 Å².